The van der Waals surface area contributed by atoms with Gasteiger partial charge in [0.2, 0.25) is 10.0 Å². The number of ether oxygens (including phenoxy) is 1. The normalized spacial score (nSPS) is 14.6. The fourth-order valence-corrected chi connectivity index (χ4v) is 4.89. The topological polar surface area (TPSA) is 92.8 Å². The fourth-order valence-electron chi connectivity index (χ4n) is 3.21. The molecular formula is C21H24N2O5S. The van der Waals surface area contributed by atoms with Crippen molar-refractivity contribution in [3.63, 3.8) is 0 Å². The number of rotatable bonds is 7. The summed E-state index contributed by atoms with van der Waals surface area (Å²) in [5, 5.41) is 2.71. The summed E-state index contributed by atoms with van der Waals surface area (Å²) >= 11 is 0. The lowest BCUT2D eigenvalue weighted by atomic mass is 10.1. The van der Waals surface area contributed by atoms with Crippen LogP contribution in [-0.2, 0) is 10.0 Å². The molecule has 0 aliphatic carbocycles. The van der Waals surface area contributed by atoms with E-state index in [2.05, 4.69) is 5.32 Å². The van der Waals surface area contributed by atoms with E-state index in [4.69, 9.17) is 4.74 Å². The zero-order chi connectivity index (χ0) is 21.0. The van der Waals surface area contributed by atoms with Crippen LogP contribution in [0.2, 0.25) is 0 Å². The number of Topliss-reactive ketones (excluding diaryl/α,β-unsaturated/α-hetero) is 1. The van der Waals surface area contributed by atoms with Crippen LogP contribution in [0.1, 0.15) is 47.4 Å². The van der Waals surface area contributed by atoms with Crippen LogP contribution in [0.5, 0.6) is 5.75 Å². The molecule has 2 aromatic carbocycles. The van der Waals surface area contributed by atoms with Crippen molar-refractivity contribution < 1.29 is 22.7 Å². The molecule has 154 valence electrons. The Labute approximate surface area is 170 Å². The van der Waals surface area contributed by atoms with Crippen LogP contribution in [0.4, 0.5) is 5.69 Å². The molecule has 1 heterocycles. The molecule has 29 heavy (non-hydrogen) atoms. The predicted molar refractivity (Wildman–Crippen MR) is 110 cm³/mol. The average molecular weight is 416 g/mol. The van der Waals surface area contributed by atoms with Crippen LogP contribution in [0.25, 0.3) is 0 Å². The molecule has 0 saturated carbocycles. The summed E-state index contributed by atoms with van der Waals surface area (Å²) in [5.41, 5.74) is 1.13. The summed E-state index contributed by atoms with van der Waals surface area (Å²) in [7, 11) is -3.75. The molecule has 1 amide bonds. The number of sulfonamides is 1. The smallest absolute Gasteiger partial charge is 0.255 e. The van der Waals surface area contributed by atoms with Crippen molar-refractivity contribution in [3.05, 3.63) is 53.6 Å². The highest BCUT2D eigenvalue weighted by atomic mass is 32.2. The second-order valence-electron chi connectivity index (χ2n) is 6.80. The lowest BCUT2D eigenvalue weighted by Crippen LogP contribution is -2.28. The van der Waals surface area contributed by atoms with Gasteiger partial charge in [-0.05, 0) is 57.0 Å². The number of nitrogens with zero attached hydrogens (tertiary/aromatic N) is 1. The van der Waals surface area contributed by atoms with Gasteiger partial charge in [-0.3, -0.25) is 9.59 Å². The van der Waals surface area contributed by atoms with Crippen LogP contribution >= 0.6 is 0 Å². The molecule has 0 radical (unpaired) electrons. The lowest BCUT2D eigenvalue weighted by Gasteiger charge is -2.19. The van der Waals surface area contributed by atoms with Gasteiger partial charge in [-0.25, -0.2) is 8.42 Å². The Hall–Kier alpha value is -2.71. The van der Waals surface area contributed by atoms with Crippen molar-refractivity contribution in [1.29, 1.82) is 0 Å². The SMILES string of the molecule is CCOc1ccc(C(=O)Nc2cccc(C(C)=O)c2)cc1S(=O)(=O)N1CCCC1. The minimum atomic E-state index is -3.75. The first-order valence-corrected chi connectivity index (χ1v) is 11.0. The van der Waals surface area contributed by atoms with Gasteiger partial charge >= 0.3 is 0 Å². The number of carbonyl (C=O) groups excluding carboxylic acids is 2. The van der Waals surface area contributed by atoms with Crippen LogP contribution in [0.3, 0.4) is 0 Å². The zero-order valence-corrected chi connectivity index (χ0v) is 17.3. The number of hydrogen-bond donors (Lipinski definition) is 1. The van der Waals surface area contributed by atoms with Crippen molar-refractivity contribution in [2.75, 3.05) is 25.0 Å². The fraction of sp³-hybridized carbons (Fsp3) is 0.333. The average Bonchev–Trinajstić information content (AvgIpc) is 3.24. The molecule has 0 unspecified atom stereocenters. The third kappa shape index (κ3) is 4.65. The quantitative estimate of drug-likeness (QED) is 0.699. The molecule has 8 heteroatoms. The molecule has 1 aliphatic heterocycles. The monoisotopic (exact) mass is 416 g/mol. The first-order chi connectivity index (χ1) is 13.8. The maximum absolute atomic E-state index is 13.1. The number of nitrogens with one attached hydrogen (secondary N) is 1. The minimum absolute atomic E-state index is 0.00798. The van der Waals surface area contributed by atoms with Crippen molar-refractivity contribution in [1.82, 2.24) is 4.31 Å². The molecule has 0 bridgehead atoms. The first-order valence-electron chi connectivity index (χ1n) is 9.52. The van der Waals surface area contributed by atoms with Gasteiger partial charge < -0.3 is 10.1 Å². The summed E-state index contributed by atoms with van der Waals surface area (Å²) in [6, 6.07) is 11.0. The largest absolute Gasteiger partial charge is 0.492 e. The number of hydrogen-bond acceptors (Lipinski definition) is 5. The van der Waals surface area contributed by atoms with Crippen molar-refractivity contribution in [3.8, 4) is 5.75 Å². The summed E-state index contributed by atoms with van der Waals surface area (Å²) in [4.78, 5) is 24.2. The highest BCUT2D eigenvalue weighted by Crippen LogP contribution is 2.30. The van der Waals surface area contributed by atoms with E-state index in [1.54, 1.807) is 31.2 Å². The molecule has 1 aliphatic rings. The van der Waals surface area contributed by atoms with E-state index < -0.39 is 15.9 Å². The minimum Gasteiger partial charge on any atom is -0.492 e. The van der Waals surface area contributed by atoms with Gasteiger partial charge in [0.25, 0.3) is 5.91 Å². The summed E-state index contributed by atoms with van der Waals surface area (Å²) in [6.07, 6.45) is 1.63. The highest BCUT2D eigenvalue weighted by Gasteiger charge is 2.30. The Morgan fingerprint density at radius 2 is 1.79 bits per heavy atom. The molecule has 0 atom stereocenters. The molecule has 0 aromatic heterocycles. The first kappa shape index (κ1) is 21.0. The molecule has 1 fully saturated rings. The van der Waals surface area contributed by atoms with E-state index in [9.17, 15) is 18.0 Å². The Morgan fingerprint density at radius 3 is 2.45 bits per heavy atom. The van der Waals surface area contributed by atoms with E-state index in [0.717, 1.165) is 12.8 Å². The van der Waals surface area contributed by atoms with E-state index in [1.165, 1.54) is 29.4 Å². The lowest BCUT2D eigenvalue weighted by molar-refractivity contribution is 0.101. The van der Waals surface area contributed by atoms with Crippen LogP contribution in [-0.4, -0.2) is 44.1 Å². The molecular weight excluding hydrogens is 392 g/mol. The van der Waals surface area contributed by atoms with Crippen LogP contribution < -0.4 is 10.1 Å². The molecule has 1 N–H and O–H groups in total. The molecule has 1 saturated heterocycles. The number of ketones is 1. The number of amides is 1. The maximum atomic E-state index is 13.1. The van der Waals surface area contributed by atoms with Crippen molar-refractivity contribution in [2.24, 2.45) is 0 Å². The van der Waals surface area contributed by atoms with Crippen LogP contribution in [0, 0.1) is 0 Å². The Balaban J connectivity index is 1.92. The van der Waals surface area contributed by atoms with Crippen LogP contribution in [0.15, 0.2) is 47.4 Å². The second-order valence-corrected chi connectivity index (χ2v) is 8.70. The molecule has 0 spiro atoms. The van der Waals surface area contributed by atoms with Gasteiger partial charge in [-0.1, -0.05) is 12.1 Å². The number of benzene rings is 2. The number of carbonyl (C=O) groups is 2. The third-order valence-electron chi connectivity index (χ3n) is 4.72. The van der Waals surface area contributed by atoms with Gasteiger partial charge in [-0.15, -0.1) is 0 Å². The van der Waals surface area contributed by atoms with Gasteiger partial charge in [0.15, 0.2) is 5.78 Å². The molecule has 7 nitrogen and oxygen atoms in total. The summed E-state index contributed by atoms with van der Waals surface area (Å²) in [6.45, 7) is 4.45. The third-order valence-corrected chi connectivity index (χ3v) is 6.64. The van der Waals surface area contributed by atoms with Gasteiger partial charge in [0.1, 0.15) is 10.6 Å². The predicted octanol–water partition coefficient (Wildman–Crippen LogP) is 3.32. The zero-order valence-electron chi connectivity index (χ0n) is 16.5. The summed E-state index contributed by atoms with van der Waals surface area (Å²) < 4.78 is 33.0. The van der Waals surface area contributed by atoms with Gasteiger partial charge in [0, 0.05) is 29.9 Å². The summed E-state index contributed by atoms with van der Waals surface area (Å²) in [5.74, 6) is -0.345. The Morgan fingerprint density at radius 1 is 1.07 bits per heavy atom. The number of anilines is 1. The van der Waals surface area contributed by atoms with Gasteiger partial charge in [0.05, 0.1) is 6.61 Å². The Kier molecular flexibility index (Phi) is 6.34. The van der Waals surface area contributed by atoms with Gasteiger partial charge in [-0.2, -0.15) is 4.31 Å². The van der Waals surface area contributed by atoms with Crippen molar-refractivity contribution >= 4 is 27.4 Å². The molecule has 2 aromatic rings. The Bertz CT molecular complexity index is 1030. The highest BCUT2D eigenvalue weighted by molar-refractivity contribution is 7.89. The maximum Gasteiger partial charge on any atom is 0.255 e. The van der Waals surface area contributed by atoms with Crippen molar-refractivity contribution in [2.45, 2.75) is 31.6 Å². The van der Waals surface area contributed by atoms with E-state index >= 15 is 0 Å². The van der Waals surface area contributed by atoms with E-state index in [0.29, 0.717) is 30.9 Å². The van der Waals surface area contributed by atoms with E-state index in [1.807, 2.05) is 0 Å². The second kappa shape index (κ2) is 8.75. The van der Waals surface area contributed by atoms with E-state index in [-0.39, 0.29) is 22.0 Å². The molecule has 3 rings (SSSR count). The standard InChI is InChI=1S/C21H24N2O5S/c1-3-28-19-10-9-17(14-20(19)29(26,27)23-11-4-5-12-23)21(25)22-18-8-6-7-16(13-18)15(2)24/h6-10,13-14H,3-5,11-12H2,1-2H3,(H,22,25).